The van der Waals surface area contributed by atoms with Gasteiger partial charge in [-0.3, -0.25) is 4.79 Å². The molecule has 0 aliphatic carbocycles. The van der Waals surface area contributed by atoms with E-state index in [1.54, 1.807) is 6.92 Å². The van der Waals surface area contributed by atoms with Crippen LogP contribution >= 0.6 is 0 Å². The van der Waals surface area contributed by atoms with Crippen molar-refractivity contribution in [1.29, 1.82) is 0 Å². The summed E-state index contributed by atoms with van der Waals surface area (Å²) in [5, 5.41) is 3.72. The average Bonchev–Trinajstić information content (AvgIpc) is 2.28. The molecule has 2 rings (SSSR count). The molecule has 0 aliphatic heterocycles. The molecule has 0 fully saturated rings. The maximum atomic E-state index is 11.0. The Morgan fingerprint density at radius 2 is 2.06 bits per heavy atom. The molecule has 0 radical (unpaired) electrons. The Morgan fingerprint density at radius 3 is 2.76 bits per heavy atom. The van der Waals surface area contributed by atoms with E-state index in [0.29, 0.717) is 5.82 Å². The first-order valence-corrected chi connectivity index (χ1v) is 5.16. The fourth-order valence-electron chi connectivity index (χ4n) is 1.48. The highest BCUT2D eigenvalue weighted by Gasteiger charge is 2.12. The van der Waals surface area contributed by atoms with Crippen molar-refractivity contribution in [2.75, 3.05) is 11.1 Å². The summed E-state index contributed by atoms with van der Waals surface area (Å²) in [5.74, 6) is 0.216. The van der Waals surface area contributed by atoms with Crippen molar-refractivity contribution in [3.63, 3.8) is 0 Å². The molecule has 1 atom stereocenters. The molecule has 0 saturated heterocycles. The summed E-state index contributed by atoms with van der Waals surface area (Å²) in [6.07, 6.45) is 0. The number of amides is 1. The highest BCUT2D eigenvalue weighted by atomic mass is 16.1. The lowest BCUT2D eigenvalue weighted by atomic mass is 10.2. The second-order valence-corrected chi connectivity index (χ2v) is 3.72. The molecule has 6 heteroatoms. The molecule has 0 bridgehead atoms. The molecule has 1 aromatic heterocycles. The van der Waals surface area contributed by atoms with E-state index in [1.165, 1.54) is 0 Å². The Balaban J connectivity index is 2.49. The first-order chi connectivity index (χ1) is 8.08. The molecule has 6 nitrogen and oxygen atoms in total. The van der Waals surface area contributed by atoms with Crippen LogP contribution in [0.3, 0.4) is 0 Å². The third kappa shape index (κ3) is 2.25. The number of rotatable bonds is 3. The van der Waals surface area contributed by atoms with Gasteiger partial charge in [-0.25, -0.2) is 4.98 Å². The maximum Gasteiger partial charge on any atom is 0.239 e. The van der Waals surface area contributed by atoms with E-state index in [9.17, 15) is 4.79 Å². The molecule has 17 heavy (non-hydrogen) atoms. The van der Waals surface area contributed by atoms with E-state index in [0.717, 1.165) is 10.9 Å². The van der Waals surface area contributed by atoms with E-state index in [-0.39, 0.29) is 5.95 Å². The number of fused-ring (bicyclic) bond motifs is 1. The smallest absolute Gasteiger partial charge is 0.239 e. The van der Waals surface area contributed by atoms with Crippen molar-refractivity contribution < 1.29 is 4.79 Å². The fraction of sp³-hybridized carbons (Fsp3) is 0.182. The van der Waals surface area contributed by atoms with E-state index >= 15 is 0 Å². The van der Waals surface area contributed by atoms with Gasteiger partial charge in [-0.2, -0.15) is 4.98 Å². The van der Waals surface area contributed by atoms with Crippen LogP contribution in [0, 0.1) is 0 Å². The summed E-state index contributed by atoms with van der Waals surface area (Å²) in [6, 6.07) is 6.88. The molecule has 1 heterocycles. The Hall–Kier alpha value is -2.37. The number of nitrogens with two attached hydrogens (primary N) is 2. The van der Waals surface area contributed by atoms with Crippen molar-refractivity contribution in [2.45, 2.75) is 13.0 Å². The summed E-state index contributed by atoms with van der Waals surface area (Å²) >= 11 is 0. The van der Waals surface area contributed by atoms with Gasteiger partial charge in [-0.1, -0.05) is 12.1 Å². The highest BCUT2D eigenvalue weighted by molar-refractivity contribution is 5.92. The van der Waals surface area contributed by atoms with E-state index in [2.05, 4.69) is 15.3 Å². The summed E-state index contributed by atoms with van der Waals surface area (Å²) < 4.78 is 0. The van der Waals surface area contributed by atoms with Gasteiger partial charge in [-0.05, 0) is 19.1 Å². The predicted octanol–water partition coefficient (Wildman–Crippen LogP) is 0.498. The van der Waals surface area contributed by atoms with Crippen LogP contribution in [-0.2, 0) is 4.79 Å². The largest absolute Gasteiger partial charge is 0.368 e. The van der Waals surface area contributed by atoms with Crippen molar-refractivity contribution >= 4 is 28.6 Å². The van der Waals surface area contributed by atoms with E-state index in [4.69, 9.17) is 11.5 Å². The number of nitrogens with one attached hydrogen (secondary N) is 1. The van der Waals surface area contributed by atoms with Crippen LogP contribution in [0.5, 0.6) is 0 Å². The number of hydrogen-bond donors (Lipinski definition) is 3. The molecule has 1 amide bonds. The first-order valence-electron chi connectivity index (χ1n) is 5.16. The maximum absolute atomic E-state index is 11.0. The van der Waals surface area contributed by atoms with E-state index in [1.807, 2.05) is 24.3 Å². The molecule has 0 saturated carbocycles. The second-order valence-electron chi connectivity index (χ2n) is 3.72. The third-order valence-corrected chi connectivity index (χ3v) is 2.40. The van der Waals surface area contributed by atoms with Crippen molar-refractivity contribution in [3.8, 4) is 0 Å². The van der Waals surface area contributed by atoms with Crippen molar-refractivity contribution in [2.24, 2.45) is 5.73 Å². The molecule has 0 spiro atoms. The van der Waals surface area contributed by atoms with Crippen LogP contribution in [-0.4, -0.2) is 21.9 Å². The lowest BCUT2D eigenvalue weighted by Crippen LogP contribution is -2.32. The Labute approximate surface area is 98.0 Å². The van der Waals surface area contributed by atoms with Crippen molar-refractivity contribution in [3.05, 3.63) is 24.3 Å². The van der Waals surface area contributed by atoms with Gasteiger partial charge < -0.3 is 16.8 Å². The molecule has 2 aromatic rings. The summed E-state index contributed by atoms with van der Waals surface area (Å²) in [7, 11) is 0. The molecule has 5 N–H and O–H groups in total. The number of carbonyl (C=O) groups excluding carboxylic acids is 1. The third-order valence-electron chi connectivity index (χ3n) is 2.40. The minimum atomic E-state index is -0.521. The van der Waals surface area contributed by atoms with Gasteiger partial charge in [-0.15, -0.1) is 0 Å². The Bertz CT molecular complexity index is 569. The van der Waals surface area contributed by atoms with Crippen LogP contribution in [0.25, 0.3) is 10.9 Å². The van der Waals surface area contributed by atoms with Gasteiger partial charge >= 0.3 is 0 Å². The van der Waals surface area contributed by atoms with E-state index < -0.39 is 11.9 Å². The van der Waals surface area contributed by atoms with Crippen molar-refractivity contribution in [1.82, 2.24) is 9.97 Å². The van der Waals surface area contributed by atoms with Gasteiger partial charge in [0.2, 0.25) is 11.9 Å². The standard InChI is InChI=1S/C11H13N5O/c1-6(9(12)17)14-10-7-4-2-3-5-8(7)15-11(13)16-10/h2-6H,1H3,(H2,12,17)(H3,13,14,15,16). The number of carbonyl (C=O) groups is 1. The van der Waals surface area contributed by atoms with Gasteiger partial charge in [0, 0.05) is 5.39 Å². The minimum Gasteiger partial charge on any atom is -0.368 e. The number of primary amides is 1. The van der Waals surface area contributed by atoms with Gasteiger partial charge in [0.1, 0.15) is 11.9 Å². The van der Waals surface area contributed by atoms with Crippen LogP contribution in [0.1, 0.15) is 6.92 Å². The quantitative estimate of drug-likeness (QED) is 0.713. The number of anilines is 2. The number of benzene rings is 1. The molecule has 1 aromatic carbocycles. The van der Waals surface area contributed by atoms with Gasteiger partial charge in [0.25, 0.3) is 0 Å². The number of nitrogens with zero attached hydrogens (tertiary/aromatic N) is 2. The highest BCUT2D eigenvalue weighted by Crippen LogP contribution is 2.21. The summed E-state index contributed by atoms with van der Waals surface area (Å²) in [5.41, 5.74) is 11.5. The summed E-state index contributed by atoms with van der Waals surface area (Å²) in [6.45, 7) is 1.66. The fourth-order valence-corrected chi connectivity index (χ4v) is 1.48. The lowest BCUT2D eigenvalue weighted by Gasteiger charge is -2.13. The molecule has 0 aliphatic rings. The second kappa shape index (κ2) is 4.25. The minimum absolute atomic E-state index is 0.155. The zero-order valence-electron chi connectivity index (χ0n) is 9.34. The normalized spacial score (nSPS) is 12.3. The van der Waals surface area contributed by atoms with Gasteiger partial charge in [0.05, 0.1) is 5.52 Å². The molecule has 88 valence electrons. The molecular weight excluding hydrogens is 218 g/mol. The Kier molecular flexibility index (Phi) is 2.78. The monoisotopic (exact) mass is 231 g/mol. The predicted molar refractivity (Wildman–Crippen MR) is 66.2 cm³/mol. The Morgan fingerprint density at radius 1 is 1.35 bits per heavy atom. The van der Waals surface area contributed by atoms with Crippen LogP contribution in [0.4, 0.5) is 11.8 Å². The van der Waals surface area contributed by atoms with Crippen LogP contribution in [0.15, 0.2) is 24.3 Å². The molecule has 1 unspecified atom stereocenters. The van der Waals surface area contributed by atoms with Crippen LogP contribution in [0.2, 0.25) is 0 Å². The first kappa shape index (κ1) is 11.1. The van der Waals surface area contributed by atoms with Crippen LogP contribution < -0.4 is 16.8 Å². The zero-order chi connectivity index (χ0) is 12.4. The average molecular weight is 231 g/mol. The number of aromatic nitrogens is 2. The SMILES string of the molecule is CC(Nc1nc(N)nc2ccccc12)C(N)=O. The number of nitrogen functional groups attached to an aromatic ring is 1. The number of para-hydroxylation sites is 1. The van der Waals surface area contributed by atoms with Gasteiger partial charge in [0.15, 0.2) is 0 Å². The summed E-state index contributed by atoms with van der Waals surface area (Å²) in [4.78, 5) is 19.2. The number of hydrogen-bond acceptors (Lipinski definition) is 5. The lowest BCUT2D eigenvalue weighted by molar-refractivity contribution is -0.118. The zero-order valence-corrected chi connectivity index (χ0v) is 9.34. The topological polar surface area (TPSA) is 107 Å². The molecular formula is C11H13N5O.